The van der Waals surface area contributed by atoms with E-state index in [0.29, 0.717) is 23.6 Å². The zero-order chi connectivity index (χ0) is 16.7. The van der Waals surface area contributed by atoms with Crippen molar-refractivity contribution in [2.24, 2.45) is 0 Å². The van der Waals surface area contributed by atoms with E-state index >= 15 is 0 Å². The first-order valence-electron chi connectivity index (χ1n) is 7.22. The number of likely N-dealkylation sites (N-methyl/N-ethyl adjacent to an activating group) is 2. The third kappa shape index (κ3) is 2.38. The molecular formula is C16H19N3O4. The molecule has 0 bridgehead atoms. The number of carbonyl (C=O) groups excluding carboxylic acids is 2. The Labute approximate surface area is 134 Å². The molecule has 1 N–H and O–H groups in total. The summed E-state index contributed by atoms with van der Waals surface area (Å²) in [6.45, 7) is 0.426. The van der Waals surface area contributed by atoms with Gasteiger partial charge >= 0.3 is 6.03 Å². The van der Waals surface area contributed by atoms with E-state index in [2.05, 4.69) is 5.32 Å². The van der Waals surface area contributed by atoms with Gasteiger partial charge in [0, 0.05) is 20.2 Å². The van der Waals surface area contributed by atoms with Gasteiger partial charge in [0.1, 0.15) is 11.5 Å². The zero-order valence-electron chi connectivity index (χ0n) is 13.5. The van der Waals surface area contributed by atoms with E-state index in [1.807, 2.05) is 0 Å². The van der Waals surface area contributed by atoms with Crippen LogP contribution < -0.4 is 14.8 Å². The van der Waals surface area contributed by atoms with Gasteiger partial charge in [-0.1, -0.05) is 0 Å². The first-order chi connectivity index (χ1) is 11.0. The minimum absolute atomic E-state index is 0.0846. The molecule has 0 saturated heterocycles. The number of benzene rings is 1. The number of nitrogens with one attached hydrogen (secondary N) is 1. The molecule has 3 amide bonds. The Morgan fingerprint density at radius 3 is 2.26 bits per heavy atom. The van der Waals surface area contributed by atoms with Crippen molar-refractivity contribution in [3.63, 3.8) is 0 Å². The highest BCUT2D eigenvalue weighted by Crippen LogP contribution is 2.37. The lowest BCUT2D eigenvalue weighted by molar-refractivity contribution is -0.124. The van der Waals surface area contributed by atoms with Crippen LogP contribution in [0.25, 0.3) is 0 Å². The maximum atomic E-state index is 12.5. The third-order valence-corrected chi connectivity index (χ3v) is 4.25. The fourth-order valence-electron chi connectivity index (χ4n) is 2.95. The second-order valence-electron chi connectivity index (χ2n) is 5.61. The summed E-state index contributed by atoms with van der Waals surface area (Å²) in [5, 5.41) is 2.88. The van der Waals surface area contributed by atoms with Crippen LogP contribution in [0.5, 0.6) is 11.5 Å². The van der Waals surface area contributed by atoms with Crippen LogP contribution in [0.1, 0.15) is 11.6 Å². The van der Waals surface area contributed by atoms with Crippen LogP contribution >= 0.6 is 0 Å². The smallest absolute Gasteiger partial charge is 0.322 e. The van der Waals surface area contributed by atoms with Crippen molar-refractivity contribution >= 4 is 11.9 Å². The number of hydrogen-bond acceptors (Lipinski definition) is 4. The average Bonchev–Trinajstić information content (AvgIpc) is 2.86. The first-order valence-corrected chi connectivity index (χ1v) is 7.22. The largest absolute Gasteiger partial charge is 0.497 e. The number of carbonyl (C=O) groups is 2. The lowest BCUT2D eigenvalue weighted by Gasteiger charge is -2.31. The van der Waals surface area contributed by atoms with Gasteiger partial charge < -0.3 is 19.7 Å². The summed E-state index contributed by atoms with van der Waals surface area (Å²) >= 11 is 0. The standard InChI is InChI=1S/C16H19N3O4/c1-18-8-12-13(15(18)20)14(17-16(21)19(12)2)9-5-10(22-3)7-11(6-9)23-4/h5-7,14H,8H2,1-4H3,(H,17,21)/t14-/m1/s1. The van der Waals surface area contributed by atoms with E-state index in [4.69, 9.17) is 9.47 Å². The molecule has 0 fully saturated rings. The molecule has 0 spiro atoms. The van der Waals surface area contributed by atoms with Gasteiger partial charge in [0.15, 0.2) is 0 Å². The van der Waals surface area contributed by atoms with Crippen molar-refractivity contribution in [3.8, 4) is 11.5 Å². The van der Waals surface area contributed by atoms with E-state index in [-0.39, 0.29) is 11.9 Å². The molecule has 122 valence electrons. The van der Waals surface area contributed by atoms with E-state index in [9.17, 15) is 9.59 Å². The van der Waals surface area contributed by atoms with Gasteiger partial charge in [0.2, 0.25) is 0 Å². The molecule has 7 heteroatoms. The zero-order valence-corrected chi connectivity index (χ0v) is 13.5. The number of amides is 3. The molecule has 23 heavy (non-hydrogen) atoms. The SMILES string of the molecule is COc1cc(OC)cc([C@H]2NC(=O)N(C)C3=C2C(=O)N(C)C3)c1. The highest BCUT2D eigenvalue weighted by atomic mass is 16.5. The van der Waals surface area contributed by atoms with Crippen LogP contribution in [-0.4, -0.2) is 56.6 Å². The van der Waals surface area contributed by atoms with Crippen LogP contribution in [0.3, 0.4) is 0 Å². The predicted octanol–water partition coefficient (Wildman–Crippen LogP) is 1.13. The third-order valence-electron chi connectivity index (χ3n) is 4.25. The van der Waals surface area contributed by atoms with Crippen molar-refractivity contribution in [1.82, 2.24) is 15.1 Å². The lowest BCUT2D eigenvalue weighted by Crippen LogP contribution is -2.45. The Balaban J connectivity index is 2.12. The second kappa shape index (κ2) is 5.49. The molecule has 1 aromatic carbocycles. The van der Waals surface area contributed by atoms with E-state index in [1.54, 1.807) is 51.4 Å². The minimum atomic E-state index is -0.518. The summed E-state index contributed by atoms with van der Waals surface area (Å²) in [6.07, 6.45) is 0. The number of hydrogen-bond donors (Lipinski definition) is 1. The van der Waals surface area contributed by atoms with Gasteiger partial charge in [-0.15, -0.1) is 0 Å². The summed E-state index contributed by atoms with van der Waals surface area (Å²) in [5.41, 5.74) is 2.07. The molecule has 0 aromatic heterocycles. The molecule has 1 atom stereocenters. The van der Waals surface area contributed by atoms with E-state index in [1.165, 1.54) is 4.90 Å². The van der Waals surface area contributed by atoms with Crippen molar-refractivity contribution in [2.75, 3.05) is 34.9 Å². The van der Waals surface area contributed by atoms with Gasteiger partial charge in [-0.3, -0.25) is 9.69 Å². The van der Waals surface area contributed by atoms with Crippen LogP contribution in [-0.2, 0) is 4.79 Å². The second-order valence-corrected chi connectivity index (χ2v) is 5.61. The first kappa shape index (κ1) is 15.2. The van der Waals surface area contributed by atoms with Crippen molar-refractivity contribution < 1.29 is 19.1 Å². The normalized spacial score (nSPS) is 20.6. The molecular weight excluding hydrogens is 298 g/mol. The quantitative estimate of drug-likeness (QED) is 0.907. The summed E-state index contributed by atoms with van der Waals surface area (Å²) in [6, 6.07) is 4.59. The Bertz CT molecular complexity index is 691. The topological polar surface area (TPSA) is 71.1 Å². The van der Waals surface area contributed by atoms with Gasteiger partial charge in [-0.2, -0.15) is 0 Å². The fourth-order valence-corrected chi connectivity index (χ4v) is 2.95. The van der Waals surface area contributed by atoms with E-state index < -0.39 is 6.04 Å². The number of methoxy groups -OCH3 is 2. The molecule has 0 saturated carbocycles. The molecule has 0 unspecified atom stereocenters. The molecule has 0 aliphatic carbocycles. The monoisotopic (exact) mass is 317 g/mol. The number of nitrogens with zero attached hydrogens (tertiary/aromatic N) is 2. The molecule has 2 heterocycles. The lowest BCUT2D eigenvalue weighted by atomic mass is 9.95. The van der Waals surface area contributed by atoms with Gasteiger partial charge in [-0.25, -0.2) is 4.79 Å². The van der Waals surface area contributed by atoms with Crippen molar-refractivity contribution in [3.05, 3.63) is 35.0 Å². The highest BCUT2D eigenvalue weighted by molar-refractivity contribution is 6.01. The van der Waals surface area contributed by atoms with Gasteiger partial charge in [-0.05, 0) is 17.7 Å². The molecule has 0 radical (unpaired) electrons. The number of rotatable bonds is 3. The van der Waals surface area contributed by atoms with Crippen molar-refractivity contribution in [2.45, 2.75) is 6.04 Å². The maximum absolute atomic E-state index is 12.5. The van der Waals surface area contributed by atoms with Crippen LogP contribution in [0.4, 0.5) is 4.79 Å². The average molecular weight is 317 g/mol. The molecule has 2 aliphatic rings. The summed E-state index contributed by atoms with van der Waals surface area (Å²) in [5.74, 6) is 1.13. The van der Waals surface area contributed by atoms with Crippen LogP contribution in [0.2, 0.25) is 0 Å². The molecule has 7 nitrogen and oxygen atoms in total. The number of urea groups is 1. The Kier molecular flexibility index (Phi) is 3.63. The Hall–Kier alpha value is -2.70. The summed E-state index contributed by atoms with van der Waals surface area (Å²) in [4.78, 5) is 27.8. The Morgan fingerprint density at radius 1 is 1.09 bits per heavy atom. The minimum Gasteiger partial charge on any atom is -0.497 e. The number of ether oxygens (including phenoxy) is 2. The predicted molar refractivity (Wildman–Crippen MR) is 83.2 cm³/mol. The maximum Gasteiger partial charge on any atom is 0.322 e. The van der Waals surface area contributed by atoms with E-state index in [0.717, 1.165) is 11.3 Å². The molecule has 1 aromatic rings. The van der Waals surface area contributed by atoms with Crippen LogP contribution in [0.15, 0.2) is 29.5 Å². The van der Waals surface area contributed by atoms with Crippen LogP contribution in [0, 0.1) is 0 Å². The summed E-state index contributed by atoms with van der Waals surface area (Å²) in [7, 11) is 6.51. The Morgan fingerprint density at radius 2 is 1.70 bits per heavy atom. The highest BCUT2D eigenvalue weighted by Gasteiger charge is 2.41. The summed E-state index contributed by atoms with van der Waals surface area (Å²) < 4.78 is 10.6. The van der Waals surface area contributed by atoms with Crippen molar-refractivity contribution in [1.29, 1.82) is 0 Å². The fraction of sp³-hybridized carbons (Fsp3) is 0.375. The molecule has 2 aliphatic heterocycles. The van der Waals surface area contributed by atoms with Gasteiger partial charge in [0.05, 0.1) is 38.1 Å². The van der Waals surface area contributed by atoms with Gasteiger partial charge in [0.25, 0.3) is 5.91 Å². The molecule has 3 rings (SSSR count).